The highest BCUT2D eigenvalue weighted by molar-refractivity contribution is 5.85. The van der Waals surface area contributed by atoms with Crippen molar-refractivity contribution < 1.29 is 9.15 Å². The molecule has 0 saturated heterocycles. The minimum Gasteiger partial charge on any atom is -0.475 e. The molecule has 0 spiro atoms. The fourth-order valence-corrected chi connectivity index (χ4v) is 3.02. The van der Waals surface area contributed by atoms with Crippen LogP contribution in [0.5, 0.6) is 5.88 Å². The number of aromatic nitrogens is 3. The average Bonchev–Trinajstić information content (AvgIpc) is 3.27. The lowest BCUT2D eigenvalue weighted by Gasteiger charge is -2.11. The van der Waals surface area contributed by atoms with Crippen molar-refractivity contribution in [3.8, 4) is 17.3 Å². The van der Waals surface area contributed by atoms with Gasteiger partial charge < -0.3 is 14.5 Å². The third-order valence-corrected chi connectivity index (χ3v) is 4.17. The van der Waals surface area contributed by atoms with Gasteiger partial charge in [0, 0.05) is 24.3 Å². The molecule has 4 rings (SSSR count). The van der Waals surface area contributed by atoms with Crippen molar-refractivity contribution in [1.82, 2.24) is 15.2 Å². The van der Waals surface area contributed by atoms with Gasteiger partial charge in [0.25, 0.3) is 0 Å². The first-order valence-electron chi connectivity index (χ1n) is 8.63. The van der Waals surface area contributed by atoms with Crippen LogP contribution in [0.3, 0.4) is 0 Å². The van der Waals surface area contributed by atoms with Crippen molar-refractivity contribution in [1.29, 1.82) is 0 Å². The first-order valence-corrected chi connectivity index (χ1v) is 8.63. The molecule has 0 atom stereocenters. The summed E-state index contributed by atoms with van der Waals surface area (Å²) >= 11 is 0. The zero-order valence-electron chi connectivity index (χ0n) is 15.0. The highest BCUT2D eigenvalue weighted by Gasteiger charge is 2.19. The Hall–Kier alpha value is -3.15. The van der Waals surface area contributed by atoms with Gasteiger partial charge in [-0.1, -0.05) is 23.3 Å². The number of ether oxygens (including phenoxy) is 1. The van der Waals surface area contributed by atoms with Gasteiger partial charge in [0.05, 0.1) is 11.8 Å². The summed E-state index contributed by atoms with van der Waals surface area (Å²) in [7, 11) is 1.75. The molecule has 0 amide bonds. The summed E-state index contributed by atoms with van der Waals surface area (Å²) in [6.45, 7) is 3.99. The van der Waals surface area contributed by atoms with Crippen LogP contribution in [0.1, 0.15) is 30.7 Å². The van der Waals surface area contributed by atoms with E-state index in [4.69, 9.17) is 9.15 Å². The zero-order chi connectivity index (χ0) is 18.1. The summed E-state index contributed by atoms with van der Waals surface area (Å²) in [5, 5.41) is 10.9. The lowest BCUT2D eigenvalue weighted by molar-refractivity contribution is 0.232. The molecular weight excluding hydrogens is 328 g/mol. The van der Waals surface area contributed by atoms with Gasteiger partial charge in [-0.2, -0.15) is 0 Å². The molecule has 0 bridgehead atoms. The van der Waals surface area contributed by atoms with E-state index in [1.807, 2.05) is 38.1 Å². The molecule has 1 aromatic carbocycles. The van der Waals surface area contributed by atoms with E-state index < -0.39 is 0 Å². The summed E-state index contributed by atoms with van der Waals surface area (Å²) in [6, 6.07) is 12.5. The number of fused-ring (bicyclic) bond motifs is 1. The Morgan fingerprint density at radius 2 is 2.04 bits per heavy atom. The SMILES string of the molecule is CNc1nnc(-c2ccc3c(c2)C(c2cccc(OC(C)C)n2)=CC3)o1. The Labute approximate surface area is 151 Å². The van der Waals surface area contributed by atoms with E-state index in [2.05, 4.69) is 38.7 Å². The van der Waals surface area contributed by atoms with Crippen LogP contribution in [0.15, 0.2) is 46.9 Å². The second kappa shape index (κ2) is 6.63. The number of pyridine rings is 1. The van der Waals surface area contributed by atoms with E-state index in [-0.39, 0.29) is 6.10 Å². The molecule has 6 nitrogen and oxygen atoms in total. The minimum absolute atomic E-state index is 0.0908. The topological polar surface area (TPSA) is 73.1 Å². The summed E-state index contributed by atoms with van der Waals surface area (Å²) < 4.78 is 11.3. The summed E-state index contributed by atoms with van der Waals surface area (Å²) in [4.78, 5) is 4.66. The van der Waals surface area contributed by atoms with E-state index in [0.29, 0.717) is 17.8 Å². The first kappa shape index (κ1) is 16.3. The van der Waals surface area contributed by atoms with E-state index in [9.17, 15) is 0 Å². The molecule has 2 heterocycles. The molecule has 1 aliphatic rings. The molecule has 1 aliphatic carbocycles. The van der Waals surface area contributed by atoms with Gasteiger partial charge in [-0.05, 0) is 49.6 Å². The molecule has 6 heteroatoms. The predicted octanol–water partition coefficient (Wildman–Crippen LogP) is 3.95. The molecule has 2 aromatic heterocycles. The van der Waals surface area contributed by atoms with Crippen LogP contribution in [0.25, 0.3) is 17.0 Å². The molecule has 0 aliphatic heterocycles. The Kier molecular flexibility index (Phi) is 4.16. The Balaban J connectivity index is 1.69. The molecule has 1 N–H and O–H groups in total. The van der Waals surface area contributed by atoms with Gasteiger partial charge >= 0.3 is 6.01 Å². The highest BCUT2D eigenvalue weighted by Crippen LogP contribution is 2.35. The fourth-order valence-electron chi connectivity index (χ4n) is 3.02. The molecule has 0 radical (unpaired) electrons. The number of nitrogens with one attached hydrogen (secondary N) is 1. The second-order valence-electron chi connectivity index (χ2n) is 6.38. The molecule has 26 heavy (non-hydrogen) atoms. The number of rotatable bonds is 5. The Morgan fingerprint density at radius 3 is 2.81 bits per heavy atom. The van der Waals surface area contributed by atoms with Gasteiger partial charge in [0.1, 0.15) is 0 Å². The highest BCUT2D eigenvalue weighted by atomic mass is 16.5. The maximum atomic E-state index is 5.73. The lowest BCUT2D eigenvalue weighted by Crippen LogP contribution is -2.07. The van der Waals surface area contributed by atoms with Crippen LogP contribution in [-0.2, 0) is 6.42 Å². The van der Waals surface area contributed by atoms with Gasteiger partial charge in [-0.3, -0.25) is 0 Å². The molecule has 3 aromatic rings. The van der Waals surface area contributed by atoms with Crippen molar-refractivity contribution >= 4 is 11.6 Å². The zero-order valence-corrected chi connectivity index (χ0v) is 15.0. The quantitative estimate of drug-likeness (QED) is 0.753. The monoisotopic (exact) mass is 348 g/mol. The first-order chi connectivity index (χ1) is 12.6. The molecule has 132 valence electrons. The smallest absolute Gasteiger partial charge is 0.315 e. The minimum atomic E-state index is 0.0908. The van der Waals surface area contributed by atoms with Gasteiger partial charge in [0.2, 0.25) is 11.8 Å². The summed E-state index contributed by atoms with van der Waals surface area (Å²) in [5.74, 6) is 1.13. The molecule has 0 fully saturated rings. The number of allylic oxidation sites excluding steroid dienone is 1. The largest absolute Gasteiger partial charge is 0.475 e. The summed E-state index contributed by atoms with van der Waals surface area (Å²) in [6.07, 6.45) is 3.17. The van der Waals surface area contributed by atoms with Crippen molar-refractivity contribution in [2.24, 2.45) is 0 Å². The van der Waals surface area contributed by atoms with E-state index >= 15 is 0 Å². The molecule has 0 saturated carbocycles. The van der Waals surface area contributed by atoms with E-state index in [0.717, 1.165) is 28.8 Å². The molecule has 0 unspecified atom stereocenters. The number of benzene rings is 1. The van der Waals surface area contributed by atoms with Crippen LogP contribution < -0.4 is 10.1 Å². The maximum absolute atomic E-state index is 5.73. The Morgan fingerprint density at radius 1 is 1.15 bits per heavy atom. The second-order valence-corrected chi connectivity index (χ2v) is 6.38. The standard InChI is InChI=1S/C20H20N4O2/c1-12(2)25-18-6-4-5-17(22-18)15-10-9-13-7-8-14(11-16(13)15)19-23-24-20(21-3)26-19/h4-8,10-12H,9H2,1-3H3,(H,21,24). The Bertz CT molecular complexity index is 975. The van der Waals surface area contributed by atoms with Gasteiger partial charge in [-0.25, -0.2) is 4.98 Å². The van der Waals surface area contributed by atoms with E-state index in [1.54, 1.807) is 7.05 Å². The number of nitrogens with zero attached hydrogens (tertiary/aromatic N) is 3. The number of hydrogen-bond donors (Lipinski definition) is 1. The van der Waals surface area contributed by atoms with Crippen LogP contribution in [-0.4, -0.2) is 28.3 Å². The van der Waals surface area contributed by atoms with Crippen LogP contribution in [0.4, 0.5) is 6.01 Å². The third kappa shape index (κ3) is 3.06. The molecular formula is C20H20N4O2. The number of hydrogen-bond acceptors (Lipinski definition) is 6. The third-order valence-electron chi connectivity index (χ3n) is 4.17. The van der Waals surface area contributed by atoms with Crippen LogP contribution in [0, 0.1) is 0 Å². The lowest BCUT2D eigenvalue weighted by atomic mass is 10.00. The van der Waals surface area contributed by atoms with Gasteiger partial charge in [0.15, 0.2) is 0 Å². The van der Waals surface area contributed by atoms with Gasteiger partial charge in [-0.15, -0.1) is 5.10 Å². The van der Waals surface area contributed by atoms with Crippen LogP contribution >= 0.6 is 0 Å². The summed E-state index contributed by atoms with van der Waals surface area (Å²) in [5.41, 5.74) is 5.29. The fraction of sp³-hybridized carbons (Fsp3) is 0.250. The average molecular weight is 348 g/mol. The van der Waals surface area contributed by atoms with E-state index in [1.165, 1.54) is 5.56 Å². The maximum Gasteiger partial charge on any atom is 0.315 e. The predicted molar refractivity (Wildman–Crippen MR) is 100 cm³/mol. The normalized spacial score (nSPS) is 12.8. The van der Waals surface area contributed by atoms with Crippen molar-refractivity contribution in [3.63, 3.8) is 0 Å². The number of anilines is 1. The van der Waals surface area contributed by atoms with Crippen molar-refractivity contribution in [3.05, 3.63) is 59.3 Å². The van der Waals surface area contributed by atoms with Crippen molar-refractivity contribution in [2.45, 2.75) is 26.4 Å². The van der Waals surface area contributed by atoms with Crippen LogP contribution in [0.2, 0.25) is 0 Å². The van der Waals surface area contributed by atoms with Crippen molar-refractivity contribution in [2.75, 3.05) is 12.4 Å².